The van der Waals surface area contributed by atoms with Crippen LogP contribution >= 0.6 is 0 Å². The van der Waals surface area contributed by atoms with Crippen molar-refractivity contribution in [2.24, 2.45) is 5.92 Å². The Kier molecular flexibility index (Phi) is 4.78. The highest BCUT2D eigenvalue weighted by Gasteiger charge is 2.40. The maximum Gasteiger partial charge on any atom is 0.214 e. The third kappa shape index (κ3) is 4.53. The number of sulfonamides is 1. The molecule has 1 saturated heterocycles. The second-order valence-electron chi connectivity index (χ2n) is 7.15. The van der Waals surface area contributed by atoms with E-state index in [1.54, 1.807) is 7.05 Å². The third-order valence-electron chi connectivity index (χ3n) is 4.80. The summed E-state index contributed by atoms with van der Waals surface area (Å²) in [6, 6.07) is 10.2. The predicted octanol–water partition coefficient (Wildman–Crippen LogP) is 1.29. The smallest absolute Gasteiger partial charge is 0.214 e. The van der Waals surface area contributed by atoms with Gasteiger partial charge in [0.2, 0.25) is 10.0 Å². The molecule has 1 aliphatic carbocycles. The molecule has 2 aliphatic rings. The molecular weight excluding hydrogens is 312 g/mol. The molecule has 1 atom stereocenters. The largest absolute Gasteiger partial charge is 0.387 e. The molecule has 5 nitrogen and oxygen atoms in total. The molecule has 0 spiro atoms. The van der Waals surface area contributed by atoms with Crippen LogP contribution in [0.25, 0.3) is 0 Å². The van der Waals surface area contributed by atoms with Crippen LogP contribution in [0.3, 0.4) is 0 Å². The van der Waals surface area contributed by atoms with Crippen molar-refractivity contribution in [1.82, 2.24) is 9.21 Å². The molecule has 1 aromatic carbocycles. The number of aliphatic hydroxyl groups is 1. The Balaban J connectivity index is 1.55. The van der Waals surface area contributed by atoms with Crippen molar-refractivity contribution >= 4 is 10.0 Å². The molecule has 3 rings (SSSR count). The van der Waals surface area contributed by atoms with Crippen LogP contribution in [0.5, 0.6) is 0 Å². The van der Waals surface area contributed by atoms with Gasteiger partial charge in [0.1, 0.15) is 0 Å². The normalized spacial score (nSPS) is 26.0. The van der Waals surface area contributed by atoms with Gasteiger partial charge in [-0.25, -0.2) is 12.7 Å². The first kappa shape index (κ1) is 16.9. The van der Waals surface area contributed by atoms with Gasteiger partial charge in [0.05, 0.1) is 11.4 Å². The maximum atomic E-state index is 12.3. The first-order valence-corrected chi connectivity index (χ1v) is 9.90. The number of likely N-dealkylation sites (N-methyl/N-ethyl adjacent to an activating group) is 1. The Labute approximate surface area is 139 Å². The van der Waals surface area contributed by atoms with Crippen LogP contribution in [0.1, 0.15) is 24.8 Å². The van der Waals surface area contributed by atoms with Gasteiger partial charge in [-0.3, -0.25) is 4.90 Å². The number of benzene rings is 1. The number of hydrogen-bond acceptors (Lipinski definition) is 4. The molecule has 1 aromatic rings. The van der Waals surface area contributed by atoms with Gasteiger partial charge < -0.3 is 5.11 Å². The minimum atomic E-state index is -3.24. The summed E-state index contributed by atoms with van der Waals surface area (Å²) in [4.78, 5) is 2.19. The Morgan fingerprint density at radius 2 is 2.00 bits per heavy atom. The third-order valence-corrected chi connectivity index (χ3v) is 6.77. The zero-order chi connectivity index (χ0) is 16.5. The monoisotopic (exact) mass is 338 g/mol. The van der Waals surface area contributed by atoms with Gasteiger partial charge in [0.15, 0.2) is 0 Å². The van der Waals surface area contributed by atoms with Gasteiger partial charge in [-0.05, 0) is 30.7 Å². The number of likely N-dealkylation sites (tertiary alicyclic amines) is 1. The summed E-state index contributed by atoms with van der Waals surface area (Å²) < 4.78 is 25.9. The molecule has 0 amide bonds. The van der Waals surface area contributed by atoms with Gasteiger partial charge in [0.25, 0.3) is 0 Å². The van der Waals surface area contributed by atoms with Crippen LogP contribution in [-0.4, -0.2) is 60.8 Å². The fourth-order valence-corrected chi connectivity index (χ4v) is 4.89. The van der Waals surface area contributed by atoms with Crippen molar-refractivity contribution in [3.8, 4) is 0 Å². The predicted molar refractivity (Wildman–Crippen MR) is 90.4 cm³/mol. The van der Waals surface area contributed by atoms with E-state index in [1.165, 1.54) is 9.87 Å². The highest BCUT2D eigenvalue weighted by Crippen LogP contribution is 2.32. The van der Waals surface area contributed by atoms with Crippen molar-refractivity contribution in [2.75, 3.05) is 32.4 Å². The van der Waals surface area contributed by atoms with Gasteiger partial charge in [-0.1, -0.05) is 30.3 Å². The average molecular weight is 338 g/mol. The topological polar surface area (TPSA) is 60.9 Å². The van der Waals surface area contributed by atoms with Gasteiger partial charge in [-0.15, -0.1) is 0 Å². The fourth-order valence-electron chi connectivity index (χ4n) is 3.27. The Morgan fingerprint density at radius 3 is 2.65 bits per heavy atom. The first-order valence-electron chi connectivity index (χ1n) is 8.29. The second-order valence-corrected chi connectivity index (χ2v) is 9.27. The summed E-state index contributed by atoms with van der Waals surface area (Å²) in [5.74, 6) is 0.558. The van der Waals surface area contributed by atoms with E-state index in [2.05, 4.69) is 17.0 Å². The average Bonchev–Trinajstić information content (AvgIpc) is 3.22. The van der Waals surface area contributed by atoms with Crippen LogP contribution in [0.4, 0.5) is 0 Å². The molecule has 1 saturated carbocycles. The summed E-state index contributed by atoms with van der Waals surface area (Å²) >= 11 is 0. The van der Waals surface area contributed by atoms with E-state index in [-0.39, 0.29) is 12.3 Å². The van der Waals surface area contributed by atoms with E-state index in [0.29, 0.717) is 18.9 Å². The second kappa shape index (κ2) is 6.51. The summed E-state index contributed by atoms with van der Waals surface area (Å²) in [6.07, 6.45) is 2.65. The Morgan fingerprint density at radius 1 is 1.30 bits per heavy atom. The van der Waals surface area contributed by atoms with Crippen molar-refractivity contribution in [3.63, 3.8) is 0 Å². The summed E-state index contributed by atoms with van der Waals surface area (Å²) in [6.45, 7) is 2.29. The summed E-state index contributed by atoms with van der Waals surface area (Å²) in [7, 11) is -1.65. The molecule has 0 aromatic heterocycles. The van der Waals surface area contributed by atoms with E-state index in [0.717, 1.165) is 25.9 Å². The van der Waals surface area contributed by atoms with E-state index in [1.807, 2.05) is 18.2 Å². The molecule has 0 bridgehead atoms. The quantitative estimate of drug-likeness (QED) is 0.814. The Bertz CT molecular complexity index is 630. The van der Waals surface area contributed by atoms with Crippen molar-refractivity contribution in [2.45, 2.75) is 31.4 Å². The SMILES string of the molecule is CN(CC1(O)CCN(Cc2ccccc2)C1)S(=O)(=O)CC1CC1. The molecule has 2 fully saturated rings. The summed E-state index contributed by atoms with van der Waals surface area (Å²) in [5, 5.41) is 10.8. The lowest BCUT2D eigenvalue weighted by Gasteiger charge is -2.28. The van der Waals surface area contributed by atoms with E-state index in [9.17, 15) is 13.5 Å². The van der Waals surface area contributed by atoms with Gasteiger partial charge in [-0.2, -0.15) is 0 Å². The minimum absolute atomic E-state index is 0.188. The lowest BCUT2D eigenvalue weighted by molar-refractivity contribution is 0.0345. The van der Waals surface area contributed by atoms with Crippen LogP contribution in [0.15, 0.2) is 30.3 Å². The minimum Gasteiger partial charge on any atom is -0.387 e. The highest BCUT2D eigenvalue weighted by atomic mass is 32.2. The molecule has 1 heterocycles. The van der Waals surface area contributed by atoms with Crippen LogP contribution in [-0.2, 0) is 16.6 Å². The van der Waals surface area contributed by atoms with Crippen molar-refractivity contribution in [1.29, 1.82) is 0 Å². The summed E-state index contributed by atoms with van der Waals surface area (Å²) in [5.41, 5.74) is 0.270. The number of hydrogen-bond donors (Lipinski definition) is 1. The molecule has 1 N–H and O–H groups in total. The lowest BCUT2D eigenvalue weighted by Crippen LogP contribution is -2.46. The first-order chi connectivity index (χ1) is 10.9. The number of rotatable bonds is 7. The standard InChI is InChI=1S/C17H26N2O3S/c1-18(23(21,22)12-16-7-8-16)13-17(20)9-10-19(14-17)11-15-5-3-2-4-6-15/h2-6,16,20H,7-14H2,1H3. The number of β-amino-alcohol motifs (C(OH)–C–C–N with tert-alkyl or cyclic N) is 1. The highest BCUT2D eigenvalue weighted by molar-refractivity contribution is 7.89. The van der Waals surface area contributed by atoms with Crippen LogP contribution < -0.4 is 0 Å². The lowest BCUT2D eigenvalue weighted by atomic mass is 10.0. The van der Waals surface area contributed by atoms with E-state index >= 15 is 0 Å². The molecule has 1 aliphatic heterocycles. The van der Waals surface area contributed by atoms with Crippen molar-refractivity contribution in [3.05, 3.63) is 35.9 Å². The fraction of sp³-hybridized carbons (Fsp3) is 0.647. The van der Waals surface area contributed by atoms with Crippen LogP contribution in [0.2, 0.25) is 0 Å². The molecule has 23 heavy (non-hydrogen) atoms. The maximum absolute atomic E-state index is 12.3. The molecule has 0 radical (unpaired) electrons. The van der Waals surface area contributed by atoms with E-state index < -0.39 is 15.6 Å². The molecule has 6 heteroatoms. The molecular formula is C17H26N2O3S. The number of nitrogens with zero attached hydrogens (tertiary/aromatic N) is 2. The van der Waals surface area contributed by atoms with E-state index in [4.69, 9.17) is 0 Å². The zero-order valence-electron chi connectivity index (χ0n) is 13.7. The van der Waals surface area contributed by atoms with Crippen molar-refractivity contribution < 1.29 is 13.5 Å². The molecule has 1 unspecified atom stereocenters. The van der Waals surface area contributed by atoms with Gasteiger partial charge in [0, 0.05) is 33.2 Å². The van der Waals surface area contributed by atoms with Crippen LogP contribution in [0, 0.1) is 5.92 Å². The zero-order valence-corrected chi connectivity index (χ0v) is 14.5. The molecule has 128 valence electrons. The van der Waals surface area contributed by atoms with Gasteiger partial charge >= 0.3 is 0 Å². The Hall–Kier alpha value is -0.950.